The fraction of sp³-hybridized carbons (Fsp3) is 0.476. The van der Waals surface area contributed by atoms with Crippen LogP contribution in [0.2, 0.25) is 0 Å². The molecule has 2 amide bonds. The van der Waals surface area contributed by atoms with Crippen LogP contribution in [-0.2, 0) is 22.5 Å². The molecule has 3 heterocycles. The monoisotopic (exact) mass is 413 g/mol. The molecule has 0 saturated carbocycles. The van der Waals surface area contributed by atoms with Crippen LogP contribution in [0.5, 0.6) is 0 Å². The Morgan fingerprint density at radius 2 is 2.07 bits per heavy atom. The van der Waals surface area contributed by atoms with E-state index >= 15 is 0 Å². The number of carbonyl (C=O) groups excluding carboxylic acids is 1. The third-order valence-corrected chi connectivity index (χ3v) is 5.24. The molecule has 1 atom stereocenters. The third kappa shape index (κ3) is 4.53. The molecule has 0 spiro atoms. The lowest BCUT2D eigenvalue weighted by atomic mass is 10.1. The first-order valence-electron chi connectivity index (χ1n) is 10.2. The first-order chi connectivity index (χ1) is 14.7. The zero-order chi connectivity index (χ0) is 20.9. The number of anilines is 2. The van der Waals surface area contributed by atoms with Gasteiger partial charge in [-0.15, -0.1) is 0 Å². The van der Waals surface area contributed by atoms with Gasteiger partial charge in [0.15, 0.2) is 5.82 Å². The number of aliphatic hydroxyl groups is 1. The van der Waals surface area contributed by atoms with E-state index < -0.39 is 0 Å². The normalized spacial score (nSPS) is 18.6. The second-order valence-corrected chi connectivity index (χ2v) is 7.40. The highest BCUT2D eigenvalue weighted by atomic mass is 16.5. The molecule has 1 fully saturated rings. The highest BCUT2D eigenvalue weighted by Crippen LogP contribution is 2.31. The summed E-state index contributed by atoms with van der Waals surface area (Å²) < 4.78 is 11.3. The van der Waals surface area contributed by atoms with E-state index in [1.54, 1.807) is 0 Å². The number of carbonyl (C=O) groups is 1. The predicted molar refractivity (Wildman–Crippen MR) is 113 cm³/mol. The van der Waals surface area contributed by atoms with E-state index in [4.69, 9.17) is 24.5 Å². The number of fused-ring (bicyclic) bond motifs is 1. The van der Waals surface area contributed by atoms with Crippen molar-refractivity contribution in [2.24, 2.45) is 0 Å². The fourth-order valence-electron chi connectivity index (χ4n) is 3.67. The lowest BCUT2D eigenvalue weighted by Crippen LogP contribution is -2.45. The van der Waals surface area contributed by atoms with Crippen molar-refractivity contribution in [1.29, 1.82) is 0 Å². The maximum absolute atomic E-state index is 11.8. The molecule has 1 aromatic carbocycles. The molecule has 0 radical (unpaired) electrons. The van der Waals surface area contributed by atoms with Gasteiger partial charge in [-0.2, -0.15) is 0 Å². The van der Waals surface area contributed by atoms with Crippen LogP contribution in [0.25, 0.3) is 11.4 Å². The largest absolute Gasteiger partial charge is 0.395 e. The quantitative estimate of drug-likeness (QED) is 0.682. The summed E-state index contributed by atoms with van der Waals surface area (Å²) in [7, 11) is 0. The smallest absolute Gasteiger partial charge is 0.319 e. The molecule has 1 aromatic heterocycles. The molecule has 4 rings (SSSR count). The Balaban J connectivity index is 1.61. The van der Waals surface area contributed by atoms with E-state index in [1.165, 1.54) is 0 Å². The van der Waals surface area contributed by atoms with Crippen LogP contribution >= 0.6 is 0 Å². The predicted octanol–water partition coefficient (Wildman–Crippen LogP) is 1.56. The molecule has 0 unspecified atom stereocenters. The molecule has 0 bridgehead atoms. The van der Waals surface area contributed by atoms with Crippen molar-refractivity contribution in [3.8, 4) is 11.4 Å². The number of ether oxygens (including phenoxy) is 2. The maximum Gasteiger partial charge on any atom is 0.319 e. The van der Waals surface area contributed by atoms with E-state index in [-0.39, 0.29) is 25.2 Å². The Bertz CT molecular complexity index is 890. The minimum atomic E-state index is -0.356. The molecule has 9 nitrogen and oxygen atoms in total. The van der Waals surface area contributed by atoms with Crippen LogP contribution < -0.4 is 15.5 Å². The zero-order valence-corrected chi connectivity index (χ0v) is 17.1. The molecule has 2 aliphatic heterocycles. The molecule has 160 valence electrons. The molecule has 9 heteroatoms. The molecule has 30 heavy (non-hydrogen) atoms. The number of hydrogen-bond acceptors (Lipinski definition) is 7. The Morgan fingerprint density at radius 1 is 1.23 bits per heavy atom. The average molecular weight is 413 g/mol. The fourth-order valence-corrected chi connectivity index (χ4v) is 3.67. The SMILES string of the molecule is C[C@H]1COCCN1c1nc(-c2ccc(NC(=O)NCCO)cc2)nc2c1COCC2. The summed E-state index contributed by atoms with van der Waals surface area (Å²) in [5.41, 5.74) is 3.64. The highest BCUT2D eigenvalue weighted by Gasteiger charge is 2.27. The summed E-state index contributed by atoms with van der Waals surface area (Å²) in [6.45, 7) is 5.57. The number of nitrogens with one attached hydrogen (secondary N) is 2. The van der Waals surface area contributed by atoms with Crippen molar-refractivity contribution < 1.29 is 19.4 Å². The van der Waals surface area contributed by atoms with E-state index in [9.17, 15) is 4.79 Å². The van der Waals surface area contributed by atoms with Crippen LogP contribution in [0.15, 0.2) is 24.3 Å². The lowest BCUT2D eigenvalue weighted by Gasteiger charge is -2.36. The molecular weight excluding hydrogens is 386 g/mol. The number of urea groups is 1. The summed E-state index contributed by atoms with van der Waals surface area (Å²) in [5.74, 6) is 1.59. The number of rotatable bonds is 5. The Hall–Kier alpha value is -2.75. The van der Waals surface area contributed by atoms with E-state index in [2.05, 4.69) is 22.5 Å². The molecule has 2 aromatic rings. The van der Waals surface area contributed by atoms with Crippen molar-refractivity contribution in [3.05, 3.63) is 35.5 Å². The summed E-state index contributed by atoms with van der Waals surface area (Å²) in [4.78, 5) is 23.8. The summed E-state index contributed by atoms with van der Waals surface area (Å²) in [6, 6.07) is 7.31. The van der Waals surface area contributed by atoms with Gasteiger partial charge in [-0.05, 0) is 31.2 Å². The standard InChI is InChI=1S/C21H27N5O4/c1-14-12-30-11-8-26(14)20-17-13-29-10-6-18(17)24-19(25-20)15-2-4-16(5-3-15)23-21(28)22-7-9-27/h2-5,14,27H,6-13H2,1H3,(H2,22,23,28)/t14-/m0/s1. The molecular formula is C21H27N5O4. The topological polar surface area (TPSA) is 109 Å². The number of nitrogens with zero attached hydrogens (tertiary/aromatic N) is 3. The zero-order valence-electron chi connectivity index (χ0n) is 17.1. The molecule has 1 saturated heterocycles. The van der Waals surface area contributed by atoms with E-state index in [1.807, 2.05) is 24.3 Å². The Kier molecular flexibility index (Phi) is 6.41. The van der Waals surface area contributed by atoms with Gasteiger partial charge in [0, 0.05) is 36.3 Å². The van der Waals surface area contributed by atoms with Crippen LogP contribution in [0.3, 0.4) is 0 Å². The van der Waals surface area contributed by atoms with Gasteiger partial charge in [-0.25, -0.2) is 14.8 Å². The van der Waals surface area contributed by atoms with Crippen molar-refractivity contribution in [1.82, 2.24) is 15.3 Å². The van der Waals surface area contributed by atoms with Crippen LogP contribution in [0, 0.1) is 0 Å². The minimum Gasteiger partial charge on any atom is -0.395 e. The first kappa shape index (κ1) is 20.5. The summed E-state index contributed by atoms with van der Waals surface area (Å²) >= 11 is 0. The summed E-state index contributed by atoms with van der Waals surface area (Å²) in [5, 5.41) is 14.1. The Labute approximate surface area is 175 Å². The van der Waals surface area contributed by atoms with E-state index in [0.717, 1.165) is 35.6 Å². The number of aliphatic hydroxyl groups excluding tert-OH is 1. The summed E-state index contributed by atoms with van der Waals surface area (Å²) in [6.07, 6.45) is 0.765. The van der Waals surface area contributed by atoms with Crippen molar-refractivity contribution in [3.63, 3.8) is 0 Å². The first-order valence-corrected chi connectivity index (χ1v) is 10.2. The van der Waals surface area contributed by atoms with Crippen LogP contribution in [-0.4, -0.2) is 66.7 Å². The van der Waals surface area contributed by atoms with Crippen LogP contribution in [0.4, 0.5) is 16.3 Å². The number of benzene rings is 1. The third-order valence-electron chi connectivity index (χ3n) is 5.24. The second-order valence-electron chi connectivity index (χ2n) is 7.40. The number of aromatic nitrogens is 2. The number of amides is 2. The van der Waals surface area contributed by atoms with Crippen LogP contribution in [0.1, 0.15) is 18.2 Å². The van der Waals surface area contributed by atoms with Gasteiger partial charge in [0.25, 0.3) is 0 Å². The maximum atomic E-state index is 11.8. The minimum absolute atomic E-state index is 0.100. The van der Waals surface area contributed by atoms with Gasteiger partial charge in [0.05, 0.1) is 44.8 Å². The van der Waals surface area contributed by atoms with Crippen molar-refractivity contribution in [2.75, 3.05) is 49.7 Å². The Morgan fingerprint density at radius 3 is 2.83 bits per heavy atom. The van der Waals surface area contributed by atoms with Gasteiger partial charge >= 0.3 is 6.03 Å². The highest BCUT2D eigenvalue weighted by molar-refractivity contribution is 5.89. The number of morpholine rings is 1. The van der Waals surface area contributed by atoms with Gasteiger partial charge in [0.1, 0.15) is 5.82 Å². The van der Waals surface area contributed by atoms with Gasteiger partial charge in [0.2, 0.25) is 0 Å². The van der Waals surface area contributed by atoms with Gasteiger partial charge in [-0.3, -0.25) is 0 Å². The van der Waals surface area contributed by atoms with Gasteiger partial charge < -0.3 is 30.1 Å². The van der Waals surface area contributed by atoms with Gasteiger partial charge in [-0.1, -0.05) is 0 Å². The van der Waals surface area contributed by atoms with E-state index in [0.29, 0.717) is 37.9 Å². The number of hydrogen-bond donors (Lipinski definition) is 3. The lowest BCUT2D eigenvalue weighted by molar-refractivity contribution is 0.0952. The molecule has 0 aliphatic carbocycles. The average Bonchev–Trinajstić information content (AvgIpc) is 2.78. The second kappa shape index (κ2) is 9.38. The van der Waals surface area contributed by atoms with Crippen molar-refractivity contribution in [2.45, 2.75) is 26.0 Å². The molecule has 3 N–H and O–H groups in total. The van der Waals surface area contributed by atoms with Crippen molar-refractivity contribution >= 4 is 17.5 Å². The molecule has 2 aliphatic rings.